The van der Waals surface area contributed by atoms with Gasteiger partial charge in [0, 0.05) is 5.92 Å². The van der Waals surface area contributed by atoms with Crippen LogP contribution in [0.2, 0.25) is 0 Å². The number of amides is 1. The van der Waals surface area contributed by atoms with Crippen LogP contribution in [-0.4, -0.2) is 25.8 Å². The van der Waals surface area contributed by atoms with Crippen LogP contribution in [0, 0.1) is 17.2 Å². The Morgan fingerprint density at radius 3 is 3.00 bits per heavy atom. The molecule has 1 aromatic rings. The van der Waals surface area contributed by atoms with Crippen molar-refractivity contribution in [3.05, 3.63) is 23.8 Å². The molecule has 0 aliphatic heterocycles. The standard InChI is InChI=1S/C14H15N3O3/c1-19-13-8-10(2-5-12(13)20-7-6-15)9-16-17-14(18)11-3-4-11/h2,5,8-9,11H,3-4,7H2,1H3,(H,17,18)/b16-9+. The molecule has 0 saturated heterocycles. The van der Waals surface area contributed by atoms with E-state index in [1.54, 1.807) is 18.2 Å². The minimum absolute atomic E-state index is 0.0396. The first-order valence-electron chi connectivity index (χ1n) is 6.25. The van der Waals surface area contributed by atoms with Crippen LogP contribution in [0.25, 0.3) is 0 Å². The molecule has 0 unspecified atom stereocenters. The molecular formula is C14H15N3O3. The molecule has 1 aliphatic carbocycles. The third-order valence-corrected chi connectivity index (χ3v) is 2.82. The van der Waals surface area contributed by atoms with Crippen molar-refractivity contribution in [2.24, 2.45) is 11.0 Å². The first-order valence-corrected chi connectivity index (χ1v) is 6.25. The summed E-state index contributed by atoms with van der Waals surface area (Å²) in [6, 6.07) is 7.08. The second-order valence-electron chi connectivity index (χ2n) is 4.37. The first-order chi connectivity index (χ1) is 9.74. The lowest BCUT2D eigenvalue weighted by Crippen LogP contribution is -2.18. The number of hydrazone groups is 1. The number of rotatable bonds is 6. The summed E-state index contributed by atoms with van der Waals surface area (Å²) in [5.74, 6) is 1.09. The van der Waals surface area contributed by atoms with Crippen LogP contribution >= 0.6 is 0 Å². The number of carbonyl (C=O) groups excluding carboxylic acids is 1. The Hall–Kier alpha value is -2.55. The predicted octanol–water partition coefficient (Wildman–Crippen LogP) is 1.46. The summed E-state index contributed by atoms with van der Waals surface area (Å²) in [5.41, 5.74) is 3.26. The van der Waals surface area contributed by atoms with Crippen molar-refractivity contribution in [1.29, 1.82) is 5.26 Å². The van der Waals surface area contributed by atoms with Gasteiger partial charge < -0.3 is 9.47 Å². The van der Waals surface area contributed by atoms with Gasteiger partial charge in [-0.3, -0.25) is 4.79 Å². The van der Waals surface area contributed by atoms with Gasteiger partial charge in [0.2, 0.25) is 5.91 Å². The van der Waals surface area contributed by atoms with Gasteiger partial charge in [0.15, 0.2) is 18.1 Å². The van der Waals surface area contributed by atoms with Gasteiger partial charge in [-0.25, -0.2) is 5.43 Å². The zero-order chi connectivity index (χ0) is 14.4. The third-order valence-electron chi connectivity index (χ3n) is 2.82. The predicted molar refractivity (Wildman–Crippen MR) is 72.6 cm³/mol. The van der Waals surface area contributed by atoms with Crippen LogP contribution in [0.3, 0.4) is 0 Å². The molecule has 1 amide bonds. The SMILES string of the molecule is COc1cc(/C=N/NC(=O)C2CC2)ccc1OCC#N. The summed E-state index contributed by atoms with van der Waals surface area (Å²) < 4.78 is 10.4. The molecule has 0 spiro atoms. The van der Waals surface area contributed by atoms with Gasteiger partial charge in [0.05, 0.1) is 13.3 Å². The van der Waals surface area contributed by atoms with E-state index in [-0.39, 0.29) is 18.4 Å². The van der Waals surface area contributed by atoms with E-state index in [2.05, 4.69) is 10.5 Å². The molecule has 0 heterocycles. The van der Waals surface area contributed by atoms with Crippen molar-refractivity contribution < 1.29 is 14.3 Å². The zero-order valence-corrected chi connectivity index (χ0v) is 11.1. The number of hydrogen-bond acceptors (Lipinski definition) is 5. The number of benzene rings is 1. The highest BCUT2D eigenvalue weighted by Gasteiger charge is 2.29. The van der Waals surface area contributed by atoms with E-state index in [9.17, 15) is 4.79 Å². The Balaban J connectivity index is 1.99. The molecule has 0 radical (unpaired) electrons. The second-order valence-corrected chi connectivity index (χ2v) is 4.37. The van der Waals surface area contributed by atoms with Gasteiger partial charge in [-0.1, -0.05) is 0 Å². The fourth-order valence-electron chi connectivity index (χ4n) is 1.60. The normalized spacial score (nSPS) is 13.8. The van der Waals surface area contributed by atoms with E-state index >= 15 is 0 Å². The number of nitrogens with one attached hydrogen (secondary N) is 1. The maximum Gasteiger partial charge on any atom is 0.243 e. The van der Waals surface area contributed by atoms with Gasteiger partial charge in [0.1, 0.15) is 6.07 Å². The van der Waals surface area contributed by atoms with Crippen LogP contribution in [0.1, 0.15) is 18.4 Å². The number of ether oxygens (including phenoxy) is 2. The zero-order valence-electron chi connectivity index (χ0n) is 11.1. The maximum atomic E-state index is 11.4. The molecule has 20 heavy (non-hydrogen) atoms. The number of hydrogen-bond donors (Lipinski definition) is 1. The quantitative estimate of drug-likeness (QED) is 0.628. The van der Waals surface area contributed by atoms with Crippen molar-refractivity contribution in [2.45, 2.75) is 12.8 Å². The molecule has 2 rings (SSSR count). The van der Waals surface area contributed by atoms with E-state index in [1.807, 2.05) is 6.07 Å². The Bertz CT molecular complexity index is 559. The summed E-state index contributed by atoms with van der Waals surface area (Å²) >= 11 is 0. The molecule has 6 heteroatoms. The van der Waals surface area contributed by atoms with Crippen molar-refractivity contribution in [2.75, 3.05) is 13.7 Å². The van der Waals surface area contributed by atoms with E-state index in [0.29, 0.717) is 11.5 Å². The monoisotopic (exact) mass is 273 g/mol. The number of nitriles is 1. The fourth-order valence-corrected chi connectivity index (χ4v) is 1.60. The summed E-state index contributed by atoms with van der Waals surface area (Å²) in [7, 11) is 1.52. The van der Waals surface area contributed by atoms with E-state index in [1.165, 1.54) is 13.3 Å². The highest BCUT2D eigenvalue weighted by Crippen LogP contribution is 2.29. The molecule has 1 aliphatic rings. The van der Waals surface area contributed by atoms with E-state index in [4.69, 9.17) is 14.7 Å². The molecule has 0 atom stereocenters. The lowest BCUT2D eigenvalue weighted by Gasteiger charge is -2.08. The van der Waals surface area contributed by atoms with Crippen LogP contribution in [0.15, 0.2) is 23.3 Å². The highest BCUT2D eigenvalue weighted by atomic mass is 16.5. The van der Waals surface area contributed by atoms with Crippen LogP contribution in [-0.2, 0) is 4.79 Å². The topological polar surface area (TPSA) is 83.7 Å². The maximum absolute atomic E-state index is 11.4. The average Bonchev–Trinajstić information content (AvgIpc) is 3.30. The smallest absolute Gasteiger partial charge is 0.243 e. The van der Waals surface area contributed by atoms with Crippen molar-refractivity contribution >= 4 is 12.1 Å². The fraction of sp³-hybridized carbons (Fsp3) is 0.357. The van der Waals surface area contributed by atoms with Crippen LogP contribution in [0.5, 0.6) is 11.5 Å². The van der Waals surface area contributed by atoms with Gasteiger partial charge in [-0.05, 0) is 36.6 Å². The molecule has 1 aromatic carbocycles. The van der Waals surface area contributed by atoms with Crippen LogP contribution < -0.4 is 14.9 Å². The highest BCUT2D eigenvalue weighted by molar-refractivity contribution is 5.84. The van der Waals surface area contributed by atoms with Gasteiger partial charge >= 0.3 is 0 Å². The Morgan fingerprint density at radius 1 is 1.55 bits per heavy atom. The number of carbonyl (C=O) groups is 1. The summed E-state index contributed by atoms with van der Waals surface area (Å²) in [6.45, 7) is -0.0404. The minimum Gasteiger partial charge on any atom is -0.493 e. The summed E-state index contributed by atoms with van der Waals surface area (Å²) in [5, 5.41) is 12.4. The molecule has 1 saturated carbocycles. The Kier molecular flexibility index (Phi) is 4.56. The molecular weight excluding hydrogens is 258 g/mol. The van der Waals surface area contributed by atoms with Crippen molar-refractivity contribution in [3.63, 3.8) is 0 Å². The van der Waals surface area contributed by atoms with Gasteiger partial charge in [0.25, 0.3) is 0 Å². The lowest BCUT2D eigenvalue weighted by atomic mass is 10.2. The lowest BCUT2D eigenvalue weighted by molar-refractivity contribution is -0.122. The molecule has 104 valence electrons. The van der Waals surface area contributed by atoms with Crippen molar-refractivity contribution in [1.82, 2.24) is 5.43 Å². The first kappa shape index (κ1) is 13.9. The average molecular weight is 273 g/mol. The second kappa shape index (κ2) is 6.57. The summed E-state index contributed by atoms with van der Waals surface area (Å²) in [4.78, 5) is 11.4. The van der Waals surface area contributed by atoms with Crippen molar-refractivity contribution in [3.8, 4) is 17.6 Å². The van der Waals surface area contributed by atoms with Gasteiger partial charge in [-0.15, -0.1) is 0 Å². The molecule has 1 fully saturated rings. The molecule has 6 nitrogen and oxygen atoms in total. The third kappa shape index (κ3) is 3.72. The summed E-state index contributed by atoms with van der Waals surface area (Å²) in [6.07, 6.45) is 3.43. The molecule has 0 bridgehead atoms. The Morgan fingerprint density at radius 2 is 2.35 bits per heavy atom. The van der Waals surface area contributed by atoms with E-state index in [0.717, 1.165) is 18.4 Å². The largest absolute Gasteiger partial charge is 0.493 e. The van der Waals surface area contributed by atoms with Crippen LogP contribution in [0.4, 0.5) is 0 Å². The minimum atomic E-state index is -0.0404. The van der Waals surface area contributed by atoms with Gasteiger partial charge in [-0.2, -0.15) is 10.4 Å². The Labute approximate surface area is 117 Å². The number of methoxy groups -OCH3 is 1. The van der Waals surface area contributed by atoms with E-state index < -0.39 is 0 Å². The number of nitrogens with zero attached hydrogens (tertiary/aromatic N) is 2. The molecule has 0 aromatic heterocycles. The molecule has 1 N–H and O–H groups in total.